The Kier molecular flexibility index (Phi) is 7.00. The van der Waals surface area contributed by atoms with Crippen LogP contribution in [0.2, 0.25) is 58.9 Å². The van der Waals surface area contributed by atoms with Gasteiger partial charge in [0.05, 0.1) is 0 Å². The quantitative estimate of drug-likeness (QED) is 0.275. The SMILES string of the molecule is C[Si](C)(C)[Si]([Si](C)(C)C)([Si](C)(C)C)[Si](c1ccccc1)(c1ccccc1)c1ccccc1. The number of rotatable bonds is 7. The Hall–Kier alpha value is -1.26. The molecule has 0 radical (unpaired) electrons. The highest BCUT2D eigenvalue weighted by atomic mass is 30.2. The Morgan fingerprint density at radius 2 is 0.562 bits per heavy atom. The highest BCUT2D eigenvalue weighted by molar-refractivity contribution is 8.10. The van der Waals surface area contributed by atoms with E-state index in [0.717, 1.165) is 0 Å². The Morgan fingerprint density at radius 3 is 0.750 bits per heavy atom. The van der Waals surface area contributed by atoms with Gasteiger partial charge in [0.1, 0.15) is 7.59 Å². The monoisotopic (exact) mass is 506 g/mol. The fraction of sp³-hybridized carbons (Fsp3) is 0.333. The van der Waals surface area contributed by atoms with Gasteiger partial charge in [-0.3, -0.25) is 0 Å². The zero-order valence-corrected chi connectivity index (χ0v) is 26.7. The maximum atomic E-state index is 2.76. The summed E-state index contributed by atoms with van der Waals surface area (Å²) < 4.78 is 0. The summed E-state index contributed by atoms with van der Waals surface area (Å²) >= 11 is 0. The molecule has 0 spiro atoms. The van der Waals surface area contributed by atoms with E-state index in [9.17, 15) is 0 Å². The second kappa shape index (κ2) is 8.83. The molecule has 5 heteroatoms. The molecule has 3 rings (SSSR count). The van der Waals surface area contributed by atoms with E-state index in [4.69, 9.17) is 0 Å². The molecule has 3 aromatic carbocycles. The molecule has 0 saturated carbocycles. The molecule has 0 heterocycles. The minimum absolute atomic E-state index is 1.57. The highest BCUT2D eigenvalue weighted by Crippen LogP contribution is 2.43. The van der Waals surface area contributed by atoms with Crippen LogP contribution >= 0.6 is 0 Å². The van der Waals surface area contributed by atoms with Crippen molar-refractivity contribution in [2.45, 2.75) is 58.9 Å². The molecular weight excluding hydrogens is 465 g/mol. The molecule has 0 unspecified atom stereocenters. The van der Waals surface area contributed by atoms with Crippen molar-refractivity contribution in [1.29, 1.82) is 0 Å². The first-order valence-corrected chi connectivity index (χ1v) is 30.5. The molecule has 0 aliphatic rings. The van der Waals surface area contributed by atoms with E-state index in [0.29, 0.717) is 0 Å². The summed E-state index contributed by atoms with van der Waals surface area (Å²) in [6.07, 6.45) is -1.85. The molecule has 0 N–H and O–H groups in total. The molecule has 32 heavy (non-hydrogen) atoms. The maximum Gasteiger partial charge on any atom is 0.132 e. The third-order valence-corrected chi connectivity index (χ3v) is 116. The van der Waals surface area contributed by atoms with Crippen molar-refractivity contribution in [2.24, 2.45) is 0 Å². The van der Waals surface area contributed by atoms with Gasteiger partial charge in [-0.15, -0.1) is 0 Å². The van der Waals surface area contributed by atoms with Gasteiger partial charge in [-0.2, -0.15) is 0 Å². The van der Waals surface area contributed by atoms with Crippen molar-refractivity contribution >= 4 is 52.1 Å². The lowest BCUT2D eigenvalue weighted by Gasteiger charge is -2.66. The average Bonchev–Trinajstić information content (AvgIpc) is 2.71. The second-order valence-electron chi connectivity index (χ2n) is 12.3. The third-order valence-electron chi connectivity index (χ3n) is 7.56. The van der Waals surface area contributed by atoms with Crippen LogP contribution in [0.1, 0.15) is 0 Å². The van der Waals surface area contributed by atoms with Gasteiger partial charge in [-0.1, -0.05) is 165 Å². The van der Waals surface area contributed by atoms with Crippen molar-refractivity contribution in [3.8, 4) is 0 Å². The average molecular weight is 507 g/mol. The van der Waals surface area contributed by atoms with Crippen molar-refractivity contribution in [1.82, 2.24) is 0 Å². The van der Waals surface area contributed by atoms with Gasteiger partial charge >= 0.3 is 0 Å². The Balaban J connectivity index is 2.74. The zero-order valence-electron chi connectivity index (χ0n) is 21.7. The molecule has 0 nitrogen and oxygen atoms in total. The summed E-state index contributed by atoms with van der Waals surface area (Å²) in [6, 6.07) is 35.5. The van der Waals surface area contributed by atoms with E-state index in [2.05, 4.69) is 150 Å². The molecule has 170 valence electrons. The van der Waals surface area contributed by atoms with E-state index in [1.54, 1.807) is 15.6 Å². The van der Waals surface area contributed by atoms with E-state index in [1.165, 1.54) is 0 Å². The molecule has 0 aliphatic carbocycles. The smallest absolute Gasteiger partial charge is 0.0720 e. The lowest BCUT2D eigenvalue weighted by atomic mass is 10.3. The minimum Gasteiger partial charge on any atom is -0.0720 e. The van der Waals surface area contributed by atoms with Crippen LogP contribution in [0.15, 0.2) is 91.0 Å². The first kappa shape index (κ1) is 25.4. The lowest BCUT2D eigenvalue weighted by molar-refractivity contribution is 1.68. The van der Waals surface area contributed by atoms with Crippen molar-refractivity contribution in [3.63, 3.8) is 0 Å². The topological polar surface area (TPSA) is 0 Å². The van der Waals surface area contributed by atoms with Gasteiger partial charge in [0.2, 0.25) is 0 Å². The first-order chi connectivity index (χ1) is 14.8. The van der Waals surface area contributed by atoms with Crippen LogP contribution in [0.4, 0.5) is 0 Å². The van der Waals surface area contributed by atoms with Crippen molar-refractivity contribution in [2.75, 3.05) is 0 Å². The van der Waals surface area contributed by atoms with Gasteiger partial charge < -0.3 is 0 Å². The zero-order chi connectivity index (χ0) is 23.8. The number of hydrogen-bond donors (Lipinski definition) is 0. The van der Waals surface area contributed by atoms with E-state index in [-0.39, 0.29) is 0 Å². The van der Waals surface area contributed by atoms with Crippen LogP contribution in [0, 0.1) is 0 Å². The van der Waals surface area contributed by atoms with Crippen LogP contribution in [-0.2, 0) is 0 Å². The van der Waals surface area contributed by atoms with Crippen LogP contribution in [-0.4, -0.2) is 36.5 Å². The van der Waals surface area contributed by atoms with Gasteiger partial charge in [0.15, 0.2) is 0 Å². The molecular formula is C27H42Si5. The lowest BCUT2D eigenvalue weighted by Crippen LogP contribution is -3.01. The molecule has 0 atom stereocenters. The molecule has 0 aromatic heterocycles. The predicted molar refractivity (Wildman–Crippen MR) is 160 cm³/mol. The molecule has 0 aliphatic heterocycles. The summed E-state index contributed by atoms with van der Waals surface area (Å²) in [5, 5.41) is 4.99. The van der Waals surface area contributed by atoms with Crippen molar-refractivity contribution in [3.05, 3.63) is 91.0 Å². The Labute approximate surface area is 201 Å². The van der Waals surface area contributed by atoms with E-state index < -0.39 is 36.5 Å². The predicted octanol–water partition coefficient (Wildman–Crippen LogP) is 5.93. The third kappa shape index (κ3) is 3.76. The molecule has 3 aromatic rings. The van der Waals surface area contributed by atoms with E-state index in [1.807, 2.05) is 0 Å². The highest BCUT2D eigenvalue weighted by Gasteiger charge is 2.73. The van der Waals surface area contributed by atoms with Crippen LogP contribution < -0.4 is 15.6 Å². The summed E-state index contributed by atoms with van der Waals surface area (Å²) in [5.74, 6) is 0. The Bertz CT molecular complexity index is 878. The van der Waals surface area contributed by atoms with Gasteiger partial charge in [0.25, 0.3) is 0 Å². The summed E-state index contributed by atoms with van der Waals surface area (Å²) in [6.45, 7) is 24.8. The number of benzene rings is 3. The maximum absolute atomic E-state index is 2.76. The molecule has 0 saturated heterocycles. The first-order valence-electron chi connectivity index (χ1n) is 12.0. The largest absolute Gasteiger partial charge is 0.132 e. The second-order valence-corrected chi connectivity index (χ2v) is 64.3. The molecule has 0 bridgehead atoms. The summed E-state index contributed by atoms with van der Waals surface area (Å²) in [7, 11) is -6.99. The van der Waals surface area contributed by atoms with Crippen LogP contribution in [0.5, 0.6) is 0 Å². The van der Waals surface area contributed by atoms with Gasteiger partial charge in [0, 0.05) is 28.9 Å². The summed E-state index contributed by atoms with van der Waals surface area (Å²) in [4.78, 5) is 0. The normalized spacial score (nSPS) is 13.8. The van der Waals surface area contributed by atoms with Crippen molar-refractivity contribution < 1.29 is 0 Å². The van der Waals surface area contributed by atoms with Gasteiger partial charge in [-0.05, 0) is 0 Å². The van der Waals surface area contributed by atoms with E-state index >= 15 is 0 Å². The molecule has 0 amide bonds. The number of hydrogen-bond acceptors (Lipinski definition) is 0. The fourth-order valence-electron chi connectivity index (χ4n) is 8.28. The summed E-state index contributed by atoms with van der Waals surface area (Å²) in [5.41, 5.74) is 0. The minimum atomic E-state index is -2.29. The van der Waals surface area contributed by atoms with Crippen LogP contribution in [0.25, 0.3) is 0 Å². The standard InChI is InChI=1S/C27H42Si5/c1-28(2,3)32(29(4,5)6,30(7,8)9)31(25-19-13-10-14-20-25,26-21-15-11-16-22-26)27-23-17-12-18-24-27/h10-24H,1-9H3. The molecule has 0 fully saturated rings. The fourth-order valence-corrected chi connectivity index (χ4v) is 161. The Morgan fingerprint density at radius 1 is 0.344 bits per heavy atom. The van der Waals surface area contributed by atoms with Gasteiger partial charge in [-0.25, -0.2) is 0 Å². The van der Waals surface area contributed by atoms with Crippen LogP contribution in [0.3, 0.4) is 0 Å².